The fraction of sp³-hybridized carbons (Fsp3) is 0.909. The third-order valence-electron chi connectivity index (χ3n) is 4.29. The number of hydrogen-bond acceptors (Lipinski definition) is 2. The van der Waals surface area contributed by atoms with Gasteiger partial charge in [0.1, 0.15) is 0 Å². The molecular weight excluding hydrogens is 176 g/mol. The van der Waals surface area contributed by atoms with Crippen LogP contribution in [0.3, 0.4) is 0 Å². The lowest BCUT2D eigenvalue weighted by Crippen LogP contribution is -2.52. The molecule has 0 bridgehead atoms. The van der Waals surface area contributed by atoms with E-state index in [1.54, 1.807) is 0 Å². The summed E-state index contributed by atoms with van der Waals surface area (Å²) < 4.78 is 0. The summed E-state index contributed by atoms with van der Waals surface area (Å²) >= 11 is 0. The molecule has 2 heterocycles. The second-order valence-corrected chi connectivity index (χ2v) is 5.22. The van der Waals surface area contributed by atoms with E-state index in [1.807, 2.05) is 0 Å². The van der Waals surface area contributed by atoms with Crippen LogP contribution in [0.25, 0.3) is 0 Å². The summed E-state index contributed by atoms with van der Waals surface area (Å²) in [5, 5.41) is 3.17. The summed E-state index contributed by atoms with van der Waals surface area (Å²) in [7, 11) is 0. The molecule has 0 aromatic rings. The van der Waals surface area contributed by atoms with Crippen molar-refractivity contribution in [3.8, 4) is 0 Å². The minimum absolute atomic E-state index is 0.297. The predicted molar refractivity (Wildman–Crippen MR) is 53.8 cm³/mol. The average molecular weight is 194 g/mol. The van der Waals surface area contributed by atoms with Gasteiger partial charge < -0.3 is 10.2 Å². The third kappa shape index (κ3) is 1.18. The lowest BCUT2D eigenvalue weighted by molar-refractivity contribution is -0.136. The first-order valence-electron chi connectivity index (χ1n) is 5.79. The van der Waals surface area contributed by atoms with Crippen LogP contribution in [0.4, 0.5) is 0 Å². The lowest BCUT2D eigenvalue weighted by atomic mass is 9.68. The van der Waals surface area contributed by atoms with Crippen molar-refractivity contribution >= 4 is 5.91 Å². The van der Waals surface area contributed by atoms with Crippen molar-refractivity contribution < 1.29 is 4.79 Å². The van der Waals surface area contributed by atoms with Gasteiger partial charge >= 0.3 is 0 Å². The molecule has 0 aromatic heterocycles. The van der Waals surface area contributed by atoms with Crippen LogP contribution in [0.5, 0.6) is 0 Å². The second-order valence-electron chi connectivity index (χ2n) is 5.22. The SMILES string of the molecule is O=C(C1CNC1)N1CCC2(CCC2)C1. The van der Waals surface area contributed by atoms with E-state index in [9.17, 15) is 4.79 Å². The van der Waals surface area contributed by atoms with Crippen LogP contribution in [-0.4, -0.2) is 37.0 Å². The van der Waals surface area contributed by atoms with Crippen LogP contribution >= 0.6 is 0 Å². The highest BCUT2D eigenvalue weighted by molar-refractivity contribution is 5.80. The molecule has 3 nitrogen and oxygen atoms in total. The molecule has 14 heavy (non-hydrogen) atoms. The van der Waals surface area contributed by atoms with Gasteiger partial charge in [0.2, 0.25) is 5.91 Å². The van der Waals surface area contributed by atoms with Gasteiger partial charge in [0.25, 0.3) is 0 Å². The Hall–Kier alpha value is -0.570. The van der Waals surface area contributed by atoms with E-state index in [0.717, 1.165) is 26.2 Å². The fourth-order valence-electron chi connectivity index (χ4n) is 2.93. The van der Waals surface area contributed by atoms with Crippen LogP contribution < -0.4 is 5.32 Å². The standard InChI is InChI=1S/C11H18N2O/c14-10(9-6-12-7-9)13-5-4-11(8-13)2-1-3-11/h9,12H,1-8H2. The summed E-state index contributed by atoms with van der Waals surface area (Å²) in [5.41, 5.74) is 0.562. The topological polar surface area (TPSA) is 32.3 Å². The zero-order valence-corrected chi connectivity index (χ0v) is 8.59. The van der Waals surface area contributed by atoms with Crippen LogP contribution in [0.2, 0.25) is 0 Å². The molecule has 1 amide bonds. The number of rotatable bonds is 1. The Morgan fingerprint density at radius 1 is 1.29 bits per heavy atom. The maximum Gasteiger partial charge on any atom is 0.228 e. The number of nitrogens with one attached hydrogen (secondary N) is 1. The highest BCUT2D eigenvalue weighted by Gasteiger charge is 2.45. The average Bonchev–Trinajstić information content (AvgIpc) is 2.43. The Balaban J connectivity index is 1.61. The number of hydrogen-bond donors (Lipinski definition) is 1. The van der Waals surface area contributed by atoms with E-state index < -0.39 is 0 Å². The first-order chi connectivity index (χ1) is 6.79. The predicted octanol–water partition coefficient (Wildman–Crippen LogP) is 0.608. The molecule has 3 fully saturated rings. The van der Waals surface area contributed by atoms with E-state index in [4.69, 9.17) is 0 Å². The third-order valence-corrected chi connectivity index (χ3v) is 4.29. The largest absolute Gasteiger partial charge is 0.342 e. The van der Waals surface area contributed by atoms with Gasteiger partial charge in [0.15, 0.2) is 0 Å². The van der Waals surface area contributed by atoms with Crippen molar-refractivity contribution in [2.24, 2.45) is 11.3 Å². The first-order valence-corrected chi connectivity index (χ1v) is 5.79. The molecule has 0 radical (unpaired) electrons. The molecule has 3 heteroatoms. The van der Waals surface area contributed by atoms with Gasteiger partial charge in [-0.1, -0.05) is 6.42 Å². The Labute approximate surface area is 84.8 Å². The van der Waals surface area contributed by atoms with Gasteiger partial charge in [-0.15, -0.1) is 0 Å². The number of nitrogens with zero attached hydrogens (tertiary/aromatic N) is 1. The quantitative estimate of drug-likeness (QED) is 0.663. The van der Waals surface area contributed by atoms with Crippen molar-refractivity contribution in [2.45, 2.75) is 25.7 Å². The smallest absolute Gasteiger partial charge is 0.228 e. The first kappa shape index (κ1) is 8.72. The highest BCUT2D eigenvalue weighted by Crippen LogP contribution is 2.48. The molecule has 1 saturated carbocycles. The van der Waals surface area contributed by atoms with Crippen molar-refractivity contribution in [3.05, 3.63) is 0 Å². The van der Waals surface area contributed by atoms with Crippen molar-refractivity contribution in [1.82, 2.24) is 10.2 Å². The molecule has 1 spiro atoms. The van der Waals surface area contributed by atoms with Crippen LogP contribution in [-0.2, 0) is 4.79 Å². The van der Waals surface area contributed by atoms with E-state index in [0.29, 0.717) is 17.2 Å². The molecule has 3 aliphatic rings. The zero-order chi connectivity index (χ0) is 9.60. The summed E-state index contributed by atoms with van der Waals surface area (Å²) in [5.74, 6) is 0.706. The van der Waals surface area contributed by atoms with E-state index >= 15 is 0 Å². The highest BCUT2D eigenvalue weighted by atomic mass is 16.2. The monoisotopic (exact) mass is 194 g/mol. The molecule has 2 aliphatic heterocycles. The molecule has 2 saturated heterocycles. The fourth-order valence-corrected chi connectivity index (χ4v) is 2.93. The van der Waals surface area contributed by atoms with Crippen molar-refractivity contribution in [1.29, 1.82) is 0 Å². The van der Waals surface area contributed by atoms with Crippen molar-refractivity contribution in [2.75, 3.05) is 26.2 Å². The molecule has 0 aromatic carbocycles. The minimum atomic E-state index is 0.297. The minimum Gasteiger partial charge on any atom is -0.342 e. The Morgan fingerprint density at radius 2 is 2.07 bits per heavy atom. The van der Waals surface area contributed by atoms with Crippen LogP contribution in [0.15, 0.2) is 0 Å². The second kappa shape index (κ2) is 2.96. The van der Waals surface area contributed by atoms with Crippen LogP contribution in [0.1, 0.15) is 25.7 Å². The summed E-state index contributed by atoms with van der Waals surface area (Å²) in [6.07, 6.45) is 5.37. The van der Waals surface area contributed by atoms with Gasteiger partial charge in [-0.05, 0) is 24.7 Å². The van der Waals surface area contributed by atoms with Gasteiger partial charge in [-0.3, -0.25) is 4.79 Å². The zero-order valence-electron chi connectivity index (χ0n) is 8.59. The molecular formula is C11H18N2O. The van der Waals surface area contributed by atoms with Gasteiger partial charge in [-0.2, -0.15) is 0 Å². The van der Waals surface area contributed by atoms with E-state index in [-0.39, 0.29) is 0 Å². The van der Waals surface area contributed by atoms with Gasteiger partial charge in [0, 0.05) is 26.2 Å². The summed E-state index contributed by atoms with van der Waals surface area (Å²) in [4.78, 5) is 14.1. The van der Waals surface area contributed by atoms with Crippen LogP contribution in [0, 0.1) is 11.3 Å². The lowest BCUT2D eigenvalue weighted by Gasteiger charge is -2.38. The molecule has 0 unspecified atom stereocenters. The number of amides is 1. The Morgan fingerprint density at radius 3 is 2.50 bits per heavy atom. The molecule has 78 valence electrons. The maximum atomic E-state index is 11.9. The Kier molecular flexibility index (Phi) is 1.84. The molecule has 1 N–H and O–H groups in total. The molecule has 3 rings (SSSR count). The van der Waals surface area contributed by atoms with Crippen molar-refractivity contribution in [3.63, 3.8) is 0 Å². The maximum absolute atomic E-state index is 11.9. The van der Waals surface area contributed by atoms with Gasteiger partial charge in [-0.25, -0.2) is 0 Å². The number of carbonyl (C=O) groups is 1. The number of carbonyl (C=O) groups excluding carboxylic acids is 1. The molecule has 0 atom stereocenters. The normalized spacial score (nSPS) is 30.1. The van der Waals surface area contributed by atoms with Gasteiger partial charge in [0.05, 0.1) is 5.92 Å². The number of likely N-dealkylation sites (tertiary alicyclic amines) is 1. The Bertz CT molecular complexity index is 256. The summed E-state index contributed by atoms with van der Waals surface area (Å²) in [6, 6.07) is 0. The summed E-state index contributed by atoms with van der Waals surface area (Å²) in [6.45, 7) is 3.89. The molecule has 1 aliphatic carbocycles. The van der Waals surface area contributed by atoms with E-state index in [1.165, 1.54) is 25.7 Å². The van der Waals surface area contributed by atoms with E-state index in [2.05, 4.69) is 10.2 Å².